The molecule has 0 aliphatic rings. The molecule has 0 N–H and O–H groups in total. The van der Waals surface area contributed by atoms with Crippen LogP contribution in [0.4, 0.5) is 13.2 Å². The second kappa shape index (κ2) is 6.63. The van der Waals surface area contributed by atoms with Gasteiger partial charge in [-0.25, -0.2) is 13.6 Å². The van der Waals surface area contributed by atoms with Crippen molar-refractivity contribution in [2.24, 2.45) is 0 Å². The summed E-state index contributed by atoms with van der Waals surface area (Å²) in [7, 11) is 0. The molecule has 0 aliphatic heterocycles. The first kappa shape index (κ1) is 14.8. The predicted octanol–water partition coefficient (Wildman–Crippen LogP) is 3.57. The molecule has 18 heavy (non-hydrogen) atoms. The molecule has 7 heteroatoms. The van der Waals surface area contributed by atoms with Crippen LogP contribution in [0.1, 0.15) is 17.3 Å². The number of carbonyl (C=O) groups excluding carboxylic acids is 1. The highest BCUT2D eigenvalue weighted by atomic mass is 79.9. The van der Waals surface area contributed by atoms with Crippen LogP contribution in [0.3, 0.4) is 0 Å². The number of hydrogen-bond donors (Lipinski definition) is 0. The zero-order valence-electron chi connectivity index (χ0n) is 9.33. The quantitative estimate of drug-likeness (QED) is 0.776. The van der Waals surface area contributed by atoms with Crippen molar-refractivity contribution in [2.75, 3.05) is 6.61 Å². The summed E-state index contributed by atoms with van der Waals surface area (Å²) < 4.78 is 46.2. The Morgan fingerprint density at radius 2 is 2.06 bits per heavy atom. The fourth-order valence-corrected chi connectivity index (χ4v) is 1.45. The van der Waals surface area contributed by atoms with E-state index in [1.807, 2.05) is 0 Å². The summed E-state index contributed by atoms with van der Waals surface area (Å²) in [6, 6.07) is 3.93. The molecular formula is C11H10BrF3O3. The van der Waals surface area contributed by atoms with Crippen molar-refractivity contribution in [3.63, 3.8) is 0 Å². The van der Waals surface area contributed by atoms with E-state index in [0.29, 0.717) is 0 Å². The molecule has 0 spiro atoms. The van der Waals surface area contributed by atoms with Crippen molar-refractivity contribution in [1.82, 2.24) is 0 Å². The first-order chi connectivity index (χ1) is 8.45. The number of rotatable bonds is 5. The van der Waals surface area contributed by atoms with E-state index < -0.39 is 18.8 Å². The van der Waals surface area contributed by atoms with Crippen molar-refractivity contribution in [3.8, 4) is 5.75 Å². The van der Waals surface area contributed by atoms with Crippen LogP contribution in [-0.4, -0.2) is 25.4 Å². The lowest BCUT2D eigenvalue weighted by atomic mass is 10.2. The molecule has 3 nitrogen and oxygen atoms in total. The molecule has 100 valence electrons. The molecule has 1 aromatic carbocycles. The maximum absolute atomic E-state index is 12.8. The van der Waals surface area contributed by atoms with Crippen LogP contribution in [0.25, 0.3) is 0 Å². The molecule has 0 saturated carbocycles. The Bertz CT molecular complexity index is 426. The molecule has 0 aliphatic carbocycles. The fraction of sp³-hybridized carbons (Fsp3) is 0.364. The third kappa shape index (κ3) is 3.90. The summed E-state index contributed by atoms with van der Waals surface area (Å²) in [5.74, 6) is -0.823. The number of carbonyl (C=O) groups is 1. The van der Waals surface area contributed by atoms with Crippen LogP contribution >= 0.6 is 15.9 Å². The van der Waals surface area contributed by atoms with Crippen LogP contribution in [0.15, 0.2) is 22.7 Å². The van der Waals surface area contributed by atoms with Gasteiger partial charge in [0.25, 0.3) is 6.36 Å². The third-order valence-electron chi connectivity index (χ3n) is 1.88. The van der Waals surface area contributed by atoms with Gasteiger partial charge in [-0.1, -0.05) is 0 Å². The van der Waals surface area contributed by atoms with Gasteiger partial charge in [-0.3, -0.25) is 0 Å². The van der Waals surface area contributed by atoms with E-state index in [0.717, 1.165) is 6.07 Å². The highest BCUT2D eigenvalue weighted by molar-refractivity contribution is 9.10. The van der Waals surface area contributed by atoms with Gasteiger partial charge in [0, 0.05) is 0 Å². The van der Waals surface area contributed by atoms with Crippen molar-refractivity contribution >= 4 is 21.9 Å². The van der Waals surface area contributed by atoms with E-state index >= 15 is 0 Å². The molecule has 1 rings (SSSR count). The molecule has 0 amide bonds. The van der Waals surface area contributed by atoms with Crippen LogP contribution in [0.5, 0.6) is 5.75 Å². The zero-order chi connectivity index (χ0) is 13.7. The summed E-state index contributed by atoms with van der Waals surface area (Å²) in [5, 5.41) is 0. The Kier molecular flexibility index (Phi) is 5.46. The number of hydrogen-bond acceptors (Lipinski definition) is 3. The highest BCUT2D eigenvalue weighted by Gasteiger charge is 2.22. The number of benzene rings is 1. The fourth-order valence-electron chi connectivity index (χ4n) is 1.11. The summed E-state index contributed by atoms with van der Waals surface area (Å²) in [4.78, 5) is 11.4. The molecule has 0 bridgehead atoms. The second-order valence-electron chi connectivity index (χ2n) is 3.17. The van der Waals surface area contributed by atoms with Gasteiger partial charge >= 0.3 is 12.4 Å². The molecule has 0 saturated heterocycles. The van der Waals surface area contributed by atoms with Gasteiger partial charge in [0.1, 0.15) is 5.75 Å². The van der Waals surface area contributed by atoms with E-state index in [9.17, 15) is 18.0 Å². The van der Waals surface area contributed by atoms with Gasteiger partial charge in [0.2, 0.25) is 0 Å². The van der Waals surface area contributed by atoms with Gasteiger partial charge in [0.15, 0.2) is 0 Å². The molecular weight excluding hydrogens is 317 g/mol. The monoisotopic (exact) mass is 326 g/mol. The number of alkyl halides is 3. The summed E-state index contributed by atoms with van der Waals surface area (Å²) >= 11 is 3.01. The second-order valence-corrected chi connectivity index (χ2v) is 4.02. The van der Waals surface area contributed by atoms with Crippen LogP contribution < -0.4 is 4.74 Å². The van der Waals surface area contributed by atoms with Crippen LogP contribution in [0.2, 0.25) is 0 Å². The summed E-state index contributed by atoms with van der Waals surface area (Å²) in [5.41, 5.74) is 0.0940. The third-order valence-corrected chi connectivity index (χ3v) is 2.54. The Hall–Kier alpha value is -1.24. The molecule has 1 unspecified atom stereocenters. The van der Waals surface area contributed by atoms with Gasteiger partial charge in [-0.2, -0.15) is 4.39 Å². The molecule has 0 radical (unpaired) electrons. The minimum absolute atomic E-state index is 0.0940. The first-order valence-corrected chi connectivity index (χ1v) is 5.80. The summed E-state index contributed by atoms with van der Waals surface area (Å²) in [6.07, 6.45) is -6.01. The number of halogens is 4. The van der Waals surface area contributed by atoms with Crippen molar-refractivity contribution < 1.29 is 27.4 Å². The molecule has 0 aromatic heterocycles. The Labute approximate surface area is 110 Å². The number of ether oxygens (including phenoxy) is 2. The van der Waals surface area contributed by atoms with E-state index in [1.165, 1.54) is 12.1 Å². The maximum Gasteiger partial charge on any atom is 0.338 e. The van der Waals surface area contributed by atoms with Gasteiger partial charge < -0.3 is 9.47 Å². The lowest BCUT2D eigenvalue weighted by molar-refractivity contribution is -0.0672. The van der Waals surface area contributed by atoms with Gasteiger partial charge in [-0.15, -0.1) is 0 Å². The maximum atomic E-state index is 12.8. The van der Waals surface area contributed by atoms with E-state index in [1.54, 1.807) is 6.92 Å². The molecule has 1 atom stereocenters. The van der Waals surface area contributed by atoms with Crippen molar-refractivity contribution in [2.45, 2.75) is 19.7 Å². The van der Waals surface area contributed by atoms with E-state index in [2.05, 4.69) is 20.7 Å². The SMILES string of the molecule is CCOC(=O)c1ccc(Br)c(OC(F)C(F)F)c1. The van der Waals surface area contributed by atoms with E-state index in [4.69, 9.17) is 4.74 Å². The standard InChI is InChI=1S/C11H10BrF3O3/c1-2-17-11(16)6-3-4-7(12)8(5-6)18-10(15)9(13)14/h3-5,9-10H,2H2,1H3. The first-order valence-electron chi connectivity index (χ1n) is 5.01. The summed E-state index contributed by atoms with van der Waals surface area (Å²) in [6.45, 7) is 1.80. The Balaban J connectivity index is 2.91. The lowest BCUT2D eigenvalue weighted by Gasteiger charge is -2.12. The van der Waals surface area contributed by atoms with Crippen molar-refractivity contribution in [3.05, 3.63) is 28.2 Å². The van der Waals surface area contributed by atoms with Crippen molar-refractivity contribution in [1.29, 1.82) is 0 Å². The Morgan fingerprint density at radius 1 is 1.39 bits per heavy atom. The molecule has 0 fully saturated rings. The van der Waals surface area contributed by atoms with Crippen LogP contribution in [0, 0.1) is 0 Å². The minimum atomic E-state index is -3.26. The van der Waals surface area contributed by atoms with Crippen LogP contribution in [-0.2, 0) is 4.74 Å². The number of esters is 1. The lowest BCUT2D eigenvalue weighted by Crippen LogP contribution is -2.20. The minimum Gasteiger partial charge on any atom is -0.462 e. The smallest absolute Gasteiger partial charge is 0.338 e. The average molecular weight is 327 g/mol. The topological polar surface area (TPSA) is 35.5 Å². The molecule has 0 heterocycles. The van der Waals surface area contributed by atoms with E-state index in [-0.39, 0.29) is 22.4 Å². The average Bonchev–Trinajstić information content (AvgIpc) is 2.31. The van der Waals surface area contributed by atoms with Gasteiger partial charge in [-0.05, 0) is 41.1 Å². The predicted molar refractivity (Wildman–Crippen MR) is 61.6 cm³/mol. The largest absolute Gasteiger partial charge is 0.462 e. The highest BCUT2D eigenvalue weighted by Crippen LogP contribution is 2.28. The van der Waals surface area contributed by atoms with Gasteiger partial charge in [0.05, 0.1) is 16.6 Å². The Morgan fingerprint density at radius 3 is 2.61 bits per heavy atom. The normalized spacial score (nSPS) is 12.3. The molecule has 1 aromatic rings. The zero-order valence-corrected chi connectivity index (χ0v) is 10.9.